The Morgan fingerprint density at radius 1 is 1.30 bits per heavy atom. The molecule has 3 rings (SSSR count). The van der Waals surface area contributed by atoms with E-state index in [9.17, 15) is 0 Å². The van der Waals surface area contributed by atoms with Crippen LogP contribution in [-0.2, 0) is 6.54 Å². The van der Waals surface area contributed by atoms with Gasteiger partial charge in [0.2, 0.25) is 0 Å². The highest BCUT2D eigenvalue weighted by Crippen LogP contribution is 2.31. The highest BCUT2D eigenvalue weighted by atomic mass is 35.5. The average molecular weight is 289 g/mol. The number of aromatic nitrogens is 1. The molecule has 0 saturated heterocycles. The lowest BCUT2D eigenvalue weighted by atomic mass is 10.2. The molecule has 1 heterocycles. The van der Waals surface area contributed by atoms with Gasteiger partial charge in [-0.15, -0.1) is 0 Å². The number of aryl methyl sites for hydroxylation is 1. The lowest BCUT2D eigenvalue weighted by Gasteiger charge is -2.11. The second-order valence-corrected chi connectivity index (χ2v) is 5.52. The first kappa shape index (κ1) is 13.4. The fourth-order valence-electron chi connectivity index (χ4n) is 1.98. The normalized spacial score (nSPS) is 14.3. The van der Waals surface area contributed by atoms with E-state index in [0.29, 0.717) is 16.8 Å². The molecule has 104 valence electrons. The summed E-state index contributed by atoms with van der Waals surface area (Å²) < 4.78 is 5.82. The largest absolute Gasteiger partial charge is 0.454 e. The van der Waals surface area contributed by atoms with Gasteiger partial charge in [0.25, 0.3) is 0 Å². The van der Waals surface area contributed by atoms with Gasteiger partial charge in [0, 0.05) is 18.8 Å². The van der Waals surface area contributed by atoms with E-state index in [0.717, 1.165) is 18.0 Å². The van der Waals surface area contributed by atoms with E-state index in [4.69, 9.17) is 16.3 Å². The Kier molecular flexibility index (Phi) is 3.90. The van der Waals surface area contributed by atoms with Crippen molar-refractivity contribution in [2.75, 3.05) is 0 Å². The molecule has 4 heteroatoms. The maximum absolute atomic E-state index is 6.29. The van der Waals surface area contributed by atoms with E-state index in [2.05, 4.69) is 10.3 Å². The first-order chi connectivity index (χ1) is 9.72. The minimum atomic E-state index is 0.628. The predicted octanol–water partition coefficient (Wildman–Crippen LogP) is 4.09. The van der Waals surface area contributed by atoms with Crippen molar-refractivity contribution in [3.05, 3.63) is 52.8 Å². The summed E-state index contributed by atoms with van der Waals surface area (Å²) in [4.78, 5) is 4.20. The molecular formula is C16H17ClN2O. The van der Waals surface area contributed by atoms with Gasteiger partial charge in [0.05, 0.1) is 10.7 Å². The summed E-state index contributed by atoms with van der Waals surface area (Å²) in [6.45, 7) is 2.77. The Morgan fingerprint density at radius 3 is 2.85 bits per heavy atom. The Bertz CT molecular complexity index is 611. The molecule has 2 aromatic rings. The van der Waals surface area contributed by atoms with Crippen molar-refractivity contribution < 1.29 is 4.74 Å². The van der Waals surface area contributed by atoms with Crippen molar-refractivity contribution in [1.29, 1.82) is 0 Å². The molecule has 0 unspecified atom stereocenters. The van der Waals surface area contributed by atoms with Crippen molar-refractivity contribution in [1.82, 2.24) is 10.3 Å². The van der Waals surface area contributed by atoms with E-state index >= 15 is 0 Å². The number of nitrogens with zero attached hydrogens (tertiary/aromatic N) is 1. The Balaban J connectivity index is 1.71. The first-order valence-electron chi connectivity index (χ1n) is 6.83. The monoisotopic (exact) mass is 288 g/mol. The lowest BCUT2D eigenvalue weighted by Crippen LogP contribution is -2.15. The standard InChI is InChI=1S/C16H17ClN2O/c1-11-15(3-2-8-18-11)20-16-7-4-12(9-14(16)17)10-19-13-5-6-13/h2-4,7-9,13,19H,5-6,10H2,1H3. The maximum Gasteiger partial charge on any atom is 0.148 e. The first-order valence-corrected chi connectivity index (χ1v) is 7.21. The quantitative estimate of drug-likeness (QED) is 0.900. The highest BCUT2D eigenvalue weighted by molar-refractivity contribution is 6.32. The van der Waals surface area contributed by atoms with Crippen LogP contribution in [0.5, 0.6) is 11.5 Å². The second kappa shape index (κ2) is 5.81. The number of rotatable bonds is 5. The molecule has 0 bridgehead atoms. The molecule has 3 nitrogen and oxygen atoms in total. The van der Waals surface area contributed by atoms with Gasteiger partial charge in [0.1, 0.15) is 11.5 Å². The average Bonchev–Trinajstić information content (AvgIpc) is 3.26. The van der Waals surface area contributed by atoms with Crippen LogP contribution in [0.1, 0.15) is 24.1 Å². The molecule has 1 aliphatic carbocycles. The summed E-state index contributed by atoms with van der Waals surface area (Å²) in [5.41, 5.74) is 2.03. The van der Waals surface area contributed by atoms with E-state index in [1.165, 1.54) is 18.4 Å². The van der Waals surface area contributed by atoms with Gasteiger partial charge >= 0.3 is 0 Å². The van der Waals surface area contributed by atoms with E-state index < -0.39 is 0 Å². The number of hydrogen-bond acceptors (Lipinski definition) is 3. The van der Waals surface area contributed by atoms with Gasteiger partial charge < -0.3 is 10.1 Å². The zero-order valence-corrected chi connectivity index (χ0v) is 12.2. The summed E-state index contributed by atoms with van der Waals surface area (Å²) in [5, 5.41) is 4.10. The molecule has 0 spiro atoms. The number of ether oxygens (including phenoxy) is 1. The van der Waals surface area contributed by atoms with Gasteiger partial charge in [-0.1, -0.05) is 17.7 Å². The molecule has 1 saturated carbocycles. The lowest BCUT2D eigenvalue weighted by molar-refractivity contribution is 0.475. The second-order valence-electron chi connectivity index (χ2n) is 5.11. The SMILES string of the molecule is Cc1ncccc1Oc1ccc(CNC2CC2)cc1Cl. The molecule has 1 aromatic carbocycles. The highest BCUT2D eigenvalue weighted by Gasteiger charge is 2.20. The summed E-state index contributed by atoms with van der Waals surface area (Å²) in [6.07, 6.45) is 4.32. The molecule has 0 radical (unpaired) electrons. The summed E-state index contributed by atoms with van der Waals surface area (Å²) in [6, 6.07) is 10.4. The summed E-state index contributed by atoms with van der Waals surface area (Å²) in [7, 11) is 0. The van der Waals surface area contributed by atoms with E-state index in [1.54, 1.807) is 6.20 Å². The van der Waals surface area contributed by atoms with Crippen LogP contribution in [0.2, 0.25) is 5.02 Å². The van der Waals surface area contributed by atoms with Crippen molar-refractivity contribution in [3.63, 3.8) is 0 Å². The Morgan fingerprint density at radius 2 is 2.15 bits per heavy atom. The van der Waals surface area contributed by atoms with Crippen LogP contribution in [-0.4, -0.2) is 11.0 Å². The molecular weight excluding hydrogens is 272 g/mol. The maximum atomic E-state index is 6.29. The summed E-state index contributed by atoms with van der Waals surface area (Å²) >= 11 is 6.29. The predicted molar refractivity (Wildman–Crippen MR) is 80.4 cm³/mol. The van der Waals surface area contributed by atoms with Crippen LogP contribution in [0.4, 0.5) is 0 Å². The van der Waals surface area contributed by atoms with Crippen molar-refractivity contribution in [2.24, 2.45) is 0 Å². The van der Waals surface area contributed by atoms with Crippen LogP contribution in [0.3, 0.4) is 0 Å². The zero-order chi connectivity index (χ0) is 13.9. The smallest absolute Gasteiger partial charge is 0.148 e. The van der Waals surface area contributed by atoms with Crippen molar-refractivity contribution in [3.8, 4) is 11.5 Å². The minimum Gasteiger partial charge on any atom is -0.454 e. The molecule has 1 N–H and O–H groups in total. The third-order valence-electron chi connectivity index (χ3n) is 3.35. The Labute approximate surface area is 123 Å². The summed E-state index contributed by atoms with van der Waals surface area (Å²) in [5.74, 6) is 1.40. The molecule has 1 fully saturated rings. The van der Waals surface area contributed by atoms with Gasteiger partial charge in [0.15, 0.2) is 0 Å². The van der Waals surface area contributed by atoms with E-state index in [-0.39, 0.29) is 0 Å². The van der Waals surface area contributed by atoms with Crippen LogP contribution in [0.25, 0.3) is 0 Å². The zero-order valence-electron chi connectivity index (χ0n) is 11.4. The Hall–Kier alpha value is -1.58. The van der Waals surface area contributed by atoms with Crippen molar-refractivity contribution >= 4 is 11.6 Å². The minimum absolute atomic E-state index is 0.628. The van der Waals surface area contributed by atoms with Gasteiger partial charge in [-0.3, -0.25) is 4.98 Å². The van der Waals surface area contributed by atoms with Gasteiger partial charge in [-0.25, -0.2) is 0 Å². The number of halogens is 1. The number of pyridine rings is 1. The molecule has 1 aromatic heterocycles. The molecule has 0 amide bonds. The van der Waals surface area contributed by atoms with Crippen molar-refractivity contribution in [2.45, 2.75) is 32.4 Å². The van der Waals surface area contributed by atoms with Crippen LogP contribution in [0, 0.1) is 6.92 Å². The van der Waals surface area contributed by atoms with Gasteiger partial charge in [-0.2, -0.15) is 0 Å². The molecule has 0 atom stereocenters. The van der Waals surface area contributed by atoms with Gasteiger partial charge in [-0.05, 0) is 49.6 Å². The number of benzene rings is 1. The third kappa shape index (κ3) is 3.30. The topological polar surface area (TPSA) is 34.1 Å². The molecule has 1 aliphatic rings. The van der Waals surface area contributed by atoms with Crippen LogP contribution >= 0.6 is 11.6 Å². The number of hydrogen-bond donors (Lipinski definition) is 1. The fourth-order valence-corrected chi connectivity index (χ4v) is 2.22. The number of nitrogens with one attached hydrogen (secondary N) is 1. The molecule has 20 heavy (non-hydrogen) atoms. The van der Waals surface area contributed by atoms with E-state index in [1.807, 2.05) is 37.3 Å². The molecule has 0 aliphatic heterocycles. The van der Waals surface area contributed by atoms with Crippen LogP contribution < -0.4 is 10.1 Å². The third-order valence-corrected chi connectivity index (χ3v) is 3.64. The fraction of sp³-hybridized carbons (Fsp3) is 0.312. The van der Waals surface area contributed by atoms with Crippen LogP contribution in [0.15, 0.2) is 36.5 Å².